The van der Waals surface area contributed by atoms with Gasteiger partial charge >= 0.3 is 0 Å². The largest absolute Gasteiger partial charge is 0.394 e. The number of carbonyl (C=O) groups excluding carboxylic acids is 3. The van der Waals surface area contributed by atoms with Gasteiger partial charge in [0.25, 0.3) is 0 Å². The van der Waals surface area contributed by atoms with Crippen LogP contribution in [0.1, 0.15) is 194 Å². The number of unbranched alkanes of at least 4 members (excludes halogenated alkanes) is 22. The van der Waals surface area contributed by atoms with E-state index >= 15 is 0 Å². The number of carbonyl (C=O) groups is 3. The van der Waals surface area contributed by atoms with E-state index in [1.165, 1.54) is 109 Å². The fraction of sp³-hybridized carbons (Fsp3) is 0.927. The second-order valence-electron chi connectivity index (χ2n) is 15.5. The number of nitrogens with two attached hydrogens (primary N) is 2. The molecule has 1 rings (SSSR count). The zero-order chi connectivity index (χ0) is 38.5. The van der Waals surface area contributed by atoms with E-state index in [0.29, 0.717) is 19.4 Å². The minimum Gasteiger partial charge on any atom is -0.394 e. The first-order valence-corrected chi connectivity index (χ1v) is 21.4. The molecule has 0 aromatic heterocycles. The molecule has 1 saturated heterocycles. The van der Waals surface area contributed by atoms with Crippen LogP contribution in [0.5, 0.6) is 0 Å². The van der Waals surface area contributed by atoms with Gasteiger partial charge in [-0.3, -0.25) is 14.4 Å². The van der Waals surface area contributed by atoms with Gasteiger partial charge in [-0.2, -0.15) is 0 Å². The van der Waals surface area contributed by atoms with Gasteiger partial charge in [0.2, 0.25) is 17.7 Å². The lowest BCUT2D eigenvalue weighted by molar-refractivity contribution is -0.250. The Balaban J connectivity index is 2.85. The van der Waals surface area contributed by atoms with Crippen LogP contribution in [0.2, 0.25) is 0 Å². The maximum atomic E-state index is 14.0. The summed E-state index contributed by atoms with van der Waals surface area (Å²) in [5.74, 6) is -2.46. The smallest absolute Gasteiger partial charge is 0.239 e. The molecule has 1 unspecified atom stereocenters. The molecule has 0 bridgehead atoms. The zero-order valence-corrected chi connectivity index (χ0v) is 33.2. The lowest BCUT2D eigenvalue weighted by Crippen LogP contribution is -2.69. The van der Waals surface area contributed by atoms with E-state index < -0.39 is 54.4 Å². The summed E-state index contributed by atoms with van der Waals surface area (Å²) in [6.45, 7) is 4.33. The van der Waals surface area contributed by atoms with Crippen LogP contribution in [-0.2, 0) is 19.1 Å². The van der Waals surface area contributed by atoms with Crippen LogP contribution >= 0.6 is 0 Å². The van der Waals surface area contributed by atoms with Crippen LogP contribution in [0.4, 0.5) is 0 Å². The Bertz CT molecular complexity index is 926. The summed E-state index contributed by atoms with van der Waals surface area (Å²) in [6.07, 6.45) is 24.6. The van der Waals surface area contributed by atoms with Gasteiger partial charge in [-0.1, -0.05) is 162 Å². The van der Waals surface area contributed by atoms with Gasteiger partial charge in [-0.25, -0.2) is 0 Å². The molecule has 1 fully saturated rings. The minimum atomic E-state index is -1.72. The molecule has 6 atom stereocenters. The SMILES string of the molecule is CCCCCCCCCCCCCCCCC(C(=O)NCCCCCCCCCCCC)[C@]1(NC(=O)[C@@H](N)CCC(N)=O)C[C@@H](O)[C@H](O)[C@@H](CO)O1. The number of rotatable bonds is 34. The molecule has 0 aromatic rings. The van der Waals surface area contributed by atoms with Gasteiger partial charge in [0.15, 0.2) is 5.72 Å². The van der Waals surface area contributed by atoms with Crippen molar-refractivity contribution >= 4 is 17.7 Å². The zero-order valence-electron chi connectivity index (χ0n) is 33.2. The number of nitrogens with one attached hydrogen (secondary N) is 2. The molecule has 0 spiro atoms. The Kier molecular flexibility index (Phi) is 28.3. The number of hydrogen-bond donors (Lipinski definition) is 7. The first kappa shape index (κ1) is 48.2. The molecule has 52 heavy (non-hydrogen) atoms. The number of ether oxygens (including phenoxy) is 1. The predicted octanol–water partition coefficient (Wildman–Crippen LogP) is 6.42. The van der Waals surface area contributed by atoms with Crippen molar-refractivity contribution in [1.29, 1.82) is 0 Å². The molecule has 11 nitrogen and oxygen atoms in total. The summed E-state index contributed by atoms with van der Waals surface area (Å²) in [4.78, 5) is 38.7. The van der Waals surface area contributed by atoms with Crippen LogP contribution in [0.3, 0.4) is 0 Å². The third kappa shape index (κ3) is 21.2. The molecule has 0 aliphatic carbocycles. The molecule has 1 aliphatic heterocycles. The van der Waals surface area contributed by atoms with Gasteiger partial charge < -0.3 is 42.2 Å². The molecular formula is C41H80N4O7. The molecule has 0 saturated carbocycles. The van der Waals surface area contributed by atoms with Crippen LogP contribution in [0, 0.1) is 5.92 Å². The quantitative estimate of drug-likeness (QED) is 0.0367. The van der Waals surface area contributed by atoms with Crippen molar-refractivity contribution in [3.8, 4) is 0 Å². The third-order valence-electron chi connectivity index (χ3n) is 10.8. The van der Waals surface area contributed by atoms with Crippen LogP contribution in [-0.4, -0.2) is 76.3 Å². The number of aliphatic hydroxyl groups excluding tert-OH is 3. The molecule has 0 radical (unpaired) electrons. The van der Waals surface area contributed by atoms with E-state index in [0.717, 1.165) is 38.5 Å². The monoisotopic (exact) mass is 741 g/mol. The molecule has 1 heterocycles. The molecule has 0 aromatic carbocycles. The second-order valence-corrected chi connectivity index (χ2v) is 15.5. The van der Waals surface area contributed by atoms with Gasteiger partial charge in [0.05, 0.1) is 24.7 Å². The van der Waals surface area contributed by atoms with E-state index in [2.05, 4.69) is 24.5 Å². The topological polar surface area (TPSA) is 197 Å². The van der Waals surface area contributed by atoms with E-state index in [1.807, 2.05) is 0 Å². The summed E-state index contributed by atoms with van der Waals surface area (Å²) in [5.41, 5.74) is 9.68. The average molecular weight is 741 g/mol. The van der Waals surface area contributed by atoms with Gasteiger partial charge in [-0.15, -0.1) is 0 Å². The summed E-state index contributed by atoms with van der Waals surface area (Å²) in [7, 11) is 0. The summed E-state index contributed by atoms with van der Waals surface area (Å²) < 4.78 is 6.21. The molecular weight excluding hydrogens is 660 g/mol. The van der Waals surface area contributed by atoms with Crippen molar-refractivity contribution < 1.29 is 34.4 Å². The summed E-state index contributed by atoms with van der Waals surface area (Å²) in [5, 5.41) is 37.4. The fourth-order valence-electron chi connectivity index (χ4n) is 7.40. The van der Waals surface area contributed by atoms with Crippen molar-refractivity contribution in [3.05, 3.63) is 0 Å². The molecule has 306 valence electrons. The molecule has 1 aliphatic rings. The lowest BCUT2D eigenvalue weighted by Gasteiger charge is -2.49. The minimum absolute atomic E-state index is 0.000412. The Morgan fingerprint density at radius 3 is 1.58 bits per heavy atom. The molecule has 11 heteroatoms. The van der Waals surface area contributed by atoms with Crippen LogP contribution in [0.15, 0.2) is 0 Å². The van der Waals surface area contributed by atoms with Crippen LogP contribution < -0.4 is 22.1 Å². The highest BCUT2D eigenvalue weighted by atomic mass is 16.6. The fourth-order valence-corrected chi connectivity index (χ4v) is 7.40. The first-order valence-electron chi connectivity index (χ1n) is 21.4. The Hall–Kier alpha value is -1.79. The maximum Gasteiger partial charge on any atom is 0.239 e. The van der Waals surface area contributed by atoms with E-state index in [9.17, 15) is 29.7 Å². The van der Waals surface area contributed by atoms with Crippen molar-refractivity contribution in [2.24, 2.45) is 17.4 Å². The van der Waals surface area contributed by atoms with Gasteiger partial charge in [0, 0.05) is 19.4 Å². The lowest BCUT2D eigenvalue weighted by atomic mass is 9.80. The van der Waals surface area contributed by atoms with Crippen LogP contribution in [0.25, 0.3) is 0 Å². The van der Waals surface area contributed by atoms with Gasteiger partial charge in [-0.05, 0) is 19.3 Å². The standard InChI is InChI=1S/C41H80N4O7/c1-3-5-7-9-11-13-15-16-17-18-19-21-23-25-27-33(39(50)44-30-26-24-22-20-14-12-10-8-6-4-2)41(31-35(47)38(49)36(32-46)52-41)45-40(51)34(42)28-29-37(43)48/h33-36,38,46-47,49H,3-32,42H2,1-2H3,(H2,43,48)(H,44,50)(H,45,51)/t33?,34-,35+,36+,38-,41-/m0/s1. The normalized spacial score (nSPS) is 21.5. The Labute approximate surface area is 316 Å². The third-order valence-corrected chi connectivity index (χ3v) is 10.8. The number of hydrogen-bond acceptors (Lipinski definition) is 8. The first-order chi connectivity index (χ1) is 25.1. The second kappa shape index (κ2) is 30.5. The van der Waals surface area contributed by atoms with Gasteiger partial charge in [0.1, 0.15) is 12.2 Å². The number of aliphatic hydroxyl groups is 3. The van der Waals surface area contributed by atoms with E-state index in [-0.39, 0.29) is 25.2 Å². The van der Waals surface area contributed by atoms with Crippen molar-refractivity contribution in [1.82, 2.24) is 10.6 Å². The van der Waals surface area contributed by atoms with Crippen molar-refractivity contribution in [3.63, 3.8) is 0 Å². The number of primary amides is 1. The van der Waals surface area contributed by atoms with Crippen molar-refractivity contribution in [2.45, 2.75) is 224 Å². The average Bonchev–Trinajstić information content (AvgIpc) is 3.12. The highest BCUT2D eigenvalue weighted by Crippen LogP contribution is 2.37. The van der Waals surface area contributed by atoms with E-state index in [4.69, 9.17) is 16.2 Å². The van der Waals surface area contributed by atoms with E-state index in [1.54, 1.807) is 0 Å². The Morgan fingerprint density at radius 1 is 0.692 bits per heavy atom. The highest BCUT2D eigenvalue weighted by Gasteiger charge is 2.53. The number of amides is 3. The predicted molar refractivity (Wildman–Crippen MR) is 209 cm³/mol. The maximum absolute atomic E-state index is 14.0. The molecule has 3 amide bonds. The Morgan fingerprint density at radius 2 is 1.13 bits per heavy atom. The van der Waals surface area contributed by atoms with Crippen molar-refractivity contribution in [2.75, 3.05) is 13.2 Å². The summed E-state index contributed by atoms with van der Waals surface area (Å²) in [6, 6.07) is -1.11. The highest BCUT2D eigenvalue weighted by molar-refractivity contribution is 5.85. The molecule has 9 N–H and O–H groups in total. The summed E-state index contributed by atoms with van der Waals surface area (Å²) >= 11 is 0.